The summed E-state index contributed by atoms with van der Waals surface area (Å²) in [4.78, 5) is 5.19. The summed E-state index contributed by atoms with van der Waals surface area (Å²) in [5.41, 5.74) is 13.2. The molecule has 2 nitrogen and oxygen atoms in total. The highest BCUT2D eigenvalue weighted by Crippen LogP contribution is 2.47. The molecule has 4 heterocycles. The SMILES string of the molecule is CC(C)(C)c1ccc(N2c3cc4c(cc3B3c5cccc6c5N(c5ccccc5[Si]6(c5ccccc5)c5ccccc5)c5cccc2c53)sc2ccccc24)cc1. The molecule has 5 heteroatoms. The lowest BCUT2D eigenvalue weighted by Gasteiger charge is -2.50. The van der Waals surface area contributed by atoms with E-state index in [0.29, 0.717) is 0 Å². The number of hydrogen-bond donors (Lipinski definition) is 0. The standard InChI is InChI=1S/C52H39BN2SSi/c1-52(2,3)34-28-30-35(31-29-34)54-43-23-15-24-44-50(43)53(41-33-47-39(32-45(41)54)38-20-10-12-25-46(38)56-47)40-21-14-27-49-51(40)55(44)42-22-11-13-26-48(42)57(49,36-16-6-4-7-17-36)37-18-8-5-9-19-37/h4-33H,1-3H3. The van der Waals surface area contributed by atoms with Crippen molar-refractivity contribution in [3.8, 4) is 0 Å². The van der Waals surface area contributed by atoms with E-state index in [0.717, 1.165) is 0 Å². The molecule has 0 amide bonds. The predicted molar refractivity (Wildman–Crippen MR) is 249 cm³/mol. The molecule has 1 aromatic heterocycles. The van der Waals surface area contributed by atoms with E-state index in [-0.39, 0.29) is 12.1 Å². The highest BCUT2D eigenvalue weighted by molar-refractivity contribution is 7.26. The normalized spacial score (nSPS) is 14.6. The molecule has 0 spiro atoms. The van der Waals surface area contributed by atoms with Crippen molar-refractivity contribution in [2.24, 2.45) is 0 Å². The molecule has 0 saturated heterocycles. The van der Waals surface area contributed by atoms with Crippen LogP contribution < -0.4 is 46.9 Å². The van der Waals surface area contributed by atoms with Gasteiger partial charge in [0.2, 0.25) is 0 Å². The van der Waals surface area contributed by atoms with Gasteiger partial charge < -0.3 is 9.80 Å². The molecule has 0 N–H and O–H groups in total. The molecule has 0 radical (unpaired) electrons. The Balaban J connectivity index is 1.21. The average molecular weight is 763 g/mol. The number of para-hydroxylation sites is 2. The van der Waals surface area contributed by atoms with Gasteiger partial charge in [0.25, 0.3) is 6.71 Å². The van der Waals surface area contributed by atoms with Crippen molar-refractivity contribution < 1.29 is 0 Å². The fourth-order valence-corrected chi connectivity index (χ4v) is 16.7. The number of fused-ring (bicyclic) bond motifs is 9. The zero-order valence-corrected chi connectivity index (χ0v) is 34.0. The molecule has 0 saturated carbocycles. The molecule has 0 unspecified atom stereocenters. The molecule has 0 bridgehead atoms. The monoisotopic (exact) mass is 762 g/mol. The van der Waals surface area contributed by atoms with Crippen LogP contribution in [0.5, 0.6) is 0 Å². The van der Waals surface area contributed by atoms with Gasteiger partial charge in [0.15, 0.2) is 8.07 Å². The molecule has 8 aromatic carbocycles. The van der Waals surface area contributed by atoms with Crippen LogP contribution in [0.1, 0.15) is 26.3 Å². The van der Waals surface area contributed by atoms with Crippen molar-refractivity contribution in [3.05, 3.63) is 188 Å². The summed E-state index contributed by atoms with van der Waals surface area (Å²) in [5.74, 6) is 0. The Bertz CT molecular complexity index is 3040. The van der Waals surface area contributed by atoms with Crippen LogP contribution in [0.2, 0.25) is 0 Å². The fraction of sp³-hybridized carbons (Fsp3) is 0.0769. The lowest BCUT2D eigenvalue weighted by Crippen LogP contribution is -2.79. The van der Waals surface area contributed by atoms with Gasteiger partial charge in [-0.1, -0.05) is 154 Å². The van der Waals surface area contributed by atoms with Crippen LogP contribution >= 0.6 is 11.3 Å². The van der Waals surface area contributed by atoms with Crippen molar-refractivity contribution in [2.45, 2.75) is 26.2 Å². The zero-order chi connectivity index (χ0) is 38.0. The summed E-state index contributed by atoms with van der Waals surface area (Å²) < 4.78 is 2.67. The lowest BCUT2D eigenvalue weighted by molar-refractivity contribution is 0.590. The second kappa shape index (κ2) is 11.9. The Morgan fingerprint density at radius 2 is 1.09 bits per heavy atom. The van der Waals surface area contributed by atoms with Crippen molar-refractivity contribution in [3.63, 3.8) is 0 Å². The average Bonchev–Trinajstić information content (AvgIpc) is 3.62. The van der Waals surface area contributed by atoms with Crippen LogP contribution in [-0.2, 0) is 5.41 Å². The smallest absolute Gasteiger partial charge is 0.252 e. The van der Waals surface area contributed by atoms with E-state index >= 15 is 0 Å². The Morgan fingerprint density at radius 1 is 0.474 bits per heavy atom. The minimum atomic E-state index is -2.79. The molecule has 0 aliphatic carbocycles. The van der Waals surface area contributed by atoms with Crippen molar-refractivity contribution in [2.75, 3.05) is 9.80 Å². The number of hydrogen-bond acceptors (Lipinski definition) is 3. The van der Waals surface area contributed by atoms with Crippen LogP contribution in [0.25, 0.3) is 20.2 Å². The summed E-state index contributed by atoms with van der Waals surface area (Å²) in [6, 6.07) is 69.7. The Kier molecular flexibility index (Phi) is 6.92. The van der Waals surface area contributed by atoms with Gasteiger partial charge in [-0.25, -0.2) is 0 Å². The number of rotatable bonds is 3. The van der Waals surface area contributed by atoms with Crippen LogP contribution in [-0.4, -0.2) is 14.8 Å². The van der Waals surface area contributed by atoms with Crippen LogP contribution in [0.3, 0.4) is 0 Å². The maximum Gasteiger partial charge on any atom is 0.252 e. The lowest BCUT2D eigenvalue weighted by atomic mass is 9.33. The molecular weight excluding hydrogens is 724 g/mol. The first-order chi connectivity index (χ1) is 27.9. The van der Waals surface area contributed by atoms with E-state index in [1.807, 2.05) is 11.3 Å². The third kappa shape index (κ3) is 4.47. The largest absolute Gasteiger partial charge is 0.312 e. The highest BCUT2D eigenvalue weighted by atomic mass is 32.1. The number of anilines is 6. The molecular formula is C52H39BN2SSi. The molecule has 57 heavy (non-hydrogen) atoms. The van der Waals surface area contributed by atoms with Crippen molar-refractivity contribution >= 4 is 118 Å². The third-order valence-corrected chi connectivity index (χ3v) is 18.8. The van der Waals surface area contributed by atoms with Gasteiger partial charge in [-0.05, 0) is 96.6 Å². The van der Waals surface area contributed by atoms with Gasteiger partial charge >= 0.3 is 0 Å². The Hall–Kier alpha value is -6.14. The predicted octanol–water partition coefficient (Wildman–Crippen LogP) is 9.13. The van der Waals surface area contributed by atoms with Gasteiger partial charge in [0, 0.05) is 54.3 Å². The minimum absolute atomic E-state index is 0.0561. The topological polar surface area (TPSA) is 6.48 Å². The molecule has 12 rings (SSSR count). The van der Waals surface area contributed by atoms with Crippen LogP contribution in [0.4, 0.5) is 34.1 Å². The van der Waals surface area contributed by atoms with Crippen molar-refractivity contribution in [1.29, 1.82) is 0 Å². The molecule has 0 atom stereocenters. The van der Waals surface area contributed by atoms with E-state index < -0.39 is 8.07 Å². The summed E-state index contributed by atoms with van der Waals surface area (Å²) in [6.45, 7) is 6.94. The maximum atomic E-state index is 2.64. The van der Waals surface area contributed by atoms with Crippen molar-refractivity contribution in [1.82, 2.24) is 0 Å². The Labute approximate surface area is 339 Å². The van der Waals surface area contributed by atoms with E-state index in [9.17, 15) is 0 Å². The van der Waals surface area contributed by atoms with Crippen LogP contribution in [0.15, 0.2) is 182 Å². The first-order valence-electron chi connectivity index (χ1n) is 20.1. The van der Waals surface area contributed by atoms with Gasteiger partial charge in [-0.15, -0.1) is 11.3 Å². The van der Waals surface area contributed by atoms with Gasteiger partial charge in [0.1, 0.15) is 0 Å². The zero-order valence-electron chi connectivity index (χ0n) is 32.2. The van der Waals surface area contributed by atoms with E-state index in [2.05, 4.69) is 213 Å². The molecule has 9 aromatic rings. The van der Waals surface area contributed by atoms with E-state index in [1.54, 1.807) is 0 Å². The molecule has 3 aliphatic heterocycles. The molecule has 3 aliphatic rings. The van der Waals surface area contributed by atoms with Gasteiger partial charge in [-0.2, -0.15) is 0 Å². The summed E-state index contributed by atoms with van der Waals surface area (Å²) in [7, 11) is -2.79. The number of benzene rings is 8. The summed E-state index contributed by atoms with van der Waals surface area (Å²) >= 11 is 1.92. The van der Waals surface area contributed by atoms with Crippen LogP contribution in [0, 0.1) is 0 Å². The van der Waals surface area contributed by atoms with E-state index in [1.165, 1.54) is 97.0 Å². The quantitative estimate of drug-likeness (QED) is 0.166. The first-order valence-corrected chi connectivity index (χ1v) is 22.9. The maximum absolute atomic E-state index is 2.79. The minimum Gasteiger partial charge on any atom is -0.312 e. The first kappa shape index (κ1) is 33.0. The number of nitrogens with zero attached hydrogens (tertiary/aromatic N) is 2. The number of thiophene rings is 1. The molecule has 270 valence electrons. The highest BCUT2D eigenvalue weighted by Gasteiger charge is 2.53. The van der Waals surface area contributed by atoms with Gasteiger partial charge in [-0.3, -0.25) is 0 Å². The molecule has 0 fully saturated rings. The fourth-order valence-electron chi connectivity index (χ4n) is 10.4. The summed E-state index contributed by atoms with van der Waals surface area (Å²) in [6.07, 6.45) is 0. The Morgan fingerprint density at radius 3 is 1.82 bits per heavy atom. The summed E-state index contributed by atoms with van der Waals surface area (Å²) in [5, 5.41) is 8.37. The van der Waals surface area contributed by atoms with E-state index in [4.69, 9.17) is 0 Å². The second-order valence-corrected chi connectivity index (χ2v) is 21.7. The third-order valence-electron chi connectivity index (χ3n) is 12.9. The van der Waals surface area contributed by atoms with Gasteiger partial charge in [0.05, 0.1) is 0 Å². The second-order valence-electron chi connectivity index (χ2n) is 16.9.